The maximum Gasteiger partial charge on any atom is 0.282 e. The summed E-state index contributed by atoms with van der Waals surface area (Å²) in [6.07, 6.45) is 0. The van der Waals surface area contributed by atoms with E-state index in [1.165, 1.54) is 0 Å². The SMILES string of the molecule is C[C@@H]([NH2+][C@@H](c1ccccc1)c1cccs1)C(=O)Nc1ccc(F)c(F)c1F. The highest BCUT2D eigenvalue weighted by Gasteiger charge is 2.26. The summed E-state index contributed by atoms with van der Waals surface area (Å²) in [5.74, 6) is -4.82. The molecular formula is C20H18F3N2OS+. The van der Waals surface area contributed by atoms with Gasteiger partial charge in [0.05, 0.1) is 10.6 Å². The Kier molecular flexibility index (Phi) is 5.93. The summed E-state index contributed by atoms with van der Waals surface area (Å²) >= 11 is 1.58. The van der Waals surface area contributed by atoms with E-state index in [2.05, 4.69) is 5.32 Å². The van der Waals surface area contributed by atoms with Gasteiger partial charge in [0.15, 0.2) is 23.5 Å². The third-order valence-electron chi connectivity index (χ3n) is 4.20. The van der Waals surface area contributed by atoms with Crippen molar-refractivity contribution in [1.82, 2.24) is 0 Å². The number of carbonyl (C=O) groups excluding carboxylic acids is 1. The second-order valence-corrected chi connectivity index (χ2v) is 7.08. The Morgan fingerprint density at radius 2 is 1.74 bits per heavy atom. The van der Waals surface area contributed by atoms with Crippen molar-refractivity contribution < 1.29 is 23.3 Å². The number of halogens is 3. The standard InChI is InChI=1S/C20H17F3N2OS/c1-12(20(26)25-15-10-9-14(21)17(22)18(15)23)24-19(16-8-5-11-27-16)13-6-3-2-4-7-13/h2-12,19,24H,1H3,(H,25,26)/p+1/t12-,19+/m1/s1. The van der Waals surface area contributed by atoms with E-state index in [0.29, 0.717) is 0 Å². The van der Waals surface area contributed by atoms with Gasteiger partial charge in [-0.3, -0.25) is 4.79 Å². The fourth-order valence-electron chi connectivity index (χ4n) is 2.74. The van der Waals surface area contributed by atoms with Crippen LogP contribution in [0.25, 0.3) is 0 Å². The van der Waals surface area contributed by atoms with Crippen LogP contribution < -0.4 is 10.6 Å². The van der Waals surface area contributed by atoms with Crippen molar-refractivity contribution in [2.24, 2.45) is 0 Å². The number of hydrogen-bond donors (Lipinski definition) is 2. The average Bonchev–Trinajstić information content (AvgIpc) is 3.21. The van der Waals surface area contributed by atoms with Gasteiger partial charge in [-0.05, 0) is 30.5 Å². The molecule has 1 aromatic heterocycles. The molecule has 0 aliphatic heterocycles. The minimum atomic E-state index is -1.61. The van der Waals surface area contributed by atoms with Crippen molar-refractivity contribution in [2.45, 2.75) is 19.0 Å². The average molecular weight is 391 g/mol. The molecule has 0 saturated heterocycles. The number of amides is 1. The predicted molar refractivity (Wildman–Crippen MR) is 98.9 cm³/mol. The van der Waals surface area contributed by atoms with Gasteiger partial charge in [0.25, 0.3) is 5.91 Å². The van der Waals surface area contributed by atoms with Gasteiger partial charge in [0.1, 0.15) is 6.04 Å². The van der Waals surface area contributed by atoms with Crippen molar-refractivity contribution in [2.75, 3.05) is 5.32 Å². The molecule has 0 saturated carbocycles. The molecule has 0 radical (unpaired) electrons. The van der Waals surface area contributed by atoms with Gasteiger partial charge >= 0.3 is 0 Å². The molecular weight excluding hydrogens is 373 g/mol. The summed E-state index contributed by atoms with van der Waals surface area (Å²) in [5.41, 5.74) is 0.644. The number of quaternary nitrogens is 1. The Labute approximate surface area is 158 Å². The number of nitrogens with two attached hydrogens (primary N) is 1. The number of thiophene rings is 1. The van der Waals surface area contributed by atoms with Gasteiger partial charge in [-0.25, -0.2) is 13.2 Å². The Morgan fingerprint density at radius 1 is 1.00 bits per heavy atom. The summed E-state index contributed by atoms with van der Waals surface area (Å²) in [5, 5.41) is 6.15. The lowest BCUT2D eigenvalue weighted by Gasteiger charge is -2.19. The summed E-state index contributed by atoms with van der Waals surface area (Å²) in [4.78, 5) is 13.5. The lowest BCUT2D eigenvalue weighted by atomic mass is 10.0. The maximum absolute atomic E-state index is 13.8. The first-order valence-electron chi connectivity index (χ1n) is 8.35. The third kappa shape index (κ3) is 4.37. The maximum atomic E-state index is 13.8. The van der Waals surface area contributed by atoms with Gasteiger partial charge in [-0.2, -0.15) is 0 Å². The molecule has 2 aromatic carbocycles. The second kappa shape index (κ2) is 8.37. The topological polar surface area (TPSA) is 45.7 Å². The number of nitrogens with one attached hydrogen (secondary N) is 1. The van der Waals surface area contributed by atoms with Gasteiger partial charge in [0, 0.05) is 5.56 Å². The van der Waals surface area contributed by atoms with Crippen molar-refractivity contribution >= 4 is 22.9 Å². The van der Waals surface area contributed by atoms with E-state index in [-0.39, 0.29) is 11.7 Å². The molecule has 140 valence electrons. The van der Waals surface area contributed by atoms with Crippen LogP contribution in [0.2, 0.25) is 0 Å². The zero-order valence-electron chi connectivity index (χ0n) is 14.5. The van der Waals surface area contributed by atoms with Crippen LogP contribution in [0.3, 0.4) is 0 Å². The smallest absolute Gasteiger partial charge is 0.282 e. The monoisotopic (exact) mass is 391 g/mol. The molecule has 0 bridgehead atoms. The van der Waals surface area contributed by atoms with Crippen LogP contribution in [0.15, 0.2) is 60.0 Å². The highest BCUT2D eigenvalue weighted by Crippen LogP contribution is 2.23. The van der Waals surface area contributed by atoms with Gasteiger partial charge in [0.2, 0.25) is 0 Å². The predicted octanol–water partition coefficient (Wildman–Crippen LogP) is 3.85. The zero-order valence-corrected chi connectivity index (χ0v) is 15.3. The Balaban J connectivity index is 1.77. The van der Waals surface area contributed by atoms with Crippen LogP contribution in [-0.2, 0) is 4.79 Å². The van der Waals surface area contributed by atoms with E-state index in [0.717, 1.165) is 22.6 Å². The minimum Gasteiger partial charge on any atom is -0.326 e. The molecule has 1 amide bonds. The quantitative estimate of drug-likeness (QED) is 0.616. The van der Waals surface area contributed by atoms with Gasteiger partial charge in [-0.1, -0.05) is 36.4 Å². The number of rotatable bonds is 6. The number of benzene rings is 2. The molecule has 3 rings (SSSR count). The highest BCUT2D eigenvalue weighted by molar-refractivity contribution is 7.10. The first-order valence-corrected chi connectivity index (χ1v) is 9.23. The molecule has 0 fully saturated rings. The normalized spacial score (nSPS) is 13.2. The molecule has 3 aromatic rings. The van der Waals surface area contributed by atoms with E-state index in [1.807, 2.05) is 53.2 Å². The summed E-state index contributed by atoms with van der Waals surface area (Å²) in [6, 6.07) is 14.7. The third-order valence-corrected chi connectivity index (χ3v) is 5.15. The molecule has 3 N–H and O–H groups in total. The van der Waals surface area contributed by atoms with Crippen molar-refractivity contribution in [3.63, 3.8) is 0 Å². The van der Waals surface area contributed by atoms with E-state index in [1.54, 1.807) is 18.3 Å². The van der Waals surface area contributed by atoms with E-state index < -0.39 is 29.4 Å². The van der Waals surface area contributed by atoms with Crippen LogP contribution >= 0.6 is 11.3 Å². The fourth-order valence-corrected chi connectivity index (χ4v) is 3.58. The number of hydrogen-bond acceptors (Lipinski definition) is 2. The number of carbonyl (C=O) groups is 1. The molecule has 0 aliphatic rings. The van der Waals surface area contributed by atoms with Crippen molar-refractivity contribution in [3.05, 3.63) is 87.9 Å². The van der Waals surface area contributed by atoms with Gasteiger partial charge in [-0.15, -0.1) is 11.3 Å². The molecule has 3 nitrogen and oxygen atoms in total. The van der Waals surface area contributed by atoms with Crippen LogP contribution in [0, 0.1) is 17.5 Å². The van der Waals surface area contributed by atoms with Crippen LogP contribution in [0.4, 0.5) is 18.9 Å². The Morgan fingerprint density at radius 3 is 2.41 bits per heavy atom. The largest absolute Gasteiger partial charge is 0.326 e. The second-order valence-electron chi connectivity index (χ2n) is 6.10. The molecule has 0 spiro atoms. The van der Waals surface area contributed by atoms with E-state index >= 15 is 0 Å². The molecule has 0 unspecified atom stereocenters. The molecule has 1 heterocycles. The molecule has 7 heteroatoms. The summed E-state index contributed by atoms with van der Waals surface area (Å²) < 4.78 is 40.2. The summed E-state index contributed by atoms with van der Waals surface area (Å²) in [7, 11) is 0. The molecule has 0 aliphatic carbocycles. The zero-order chi connectivity index (χ0) is 19.4. The Bertz CT molecular complexity index is 916. The first kappa shape index (κ1) is 19.1. The number of anilines is 1. The van der Waals surface area contributed by atoms with E-state index in [4.69, 9.17) is 0 Å². The fraction of sp³-hybridized carbons (Fsp3) is 0.150. The van der Waals surface area contributed by atoms with Crippen LogP contribution in [-0.4, -0.2) is 11.9 Å². The highest BCUT2D eigenvalue weighted by atomic mass is 32.1. The van der Waals surface area contributed by atoms with Crippen molar-refractivity contribution in [1.29, 1.82) is 0 Å². The lowest BCUT2D eigenvalue weighted by molar-refractivity contribution is -0.703. The Hall–Kier alpha value is -2.64. The molecule has 27 heavy (non-hydrogen) atoms. The van der Waals surface area contributed by atoms with E-state index in [9.17, 15) is 18.0 Å². The first-order chi connectivity index (χ1) is 13.0. The van der Waals surface area contributed by atoms with Gasteiger partial charge < -0.3 is 10.6 Å². The minimum absolute atomic E-state index is 0.109. The summed E-state index contributed by atoms with van der Waals surface area (Å²) in [6.45, 7) is 1.68. The lowest BCUT2D eigenvalue weighted by Crippen LogP contribution is -2.92. The van der Waals surface area contributed by atoms with Crippen LogP contribution in [0.5, 0.6) is 0 Å². The molecule has 2 atom stereocenters. The van der Waals surface area contributed by atoms with Crippen molar-refractivity contribution in [3.8, 4) is 0 Å². The van der Waals surface area contributed by atoms with Crippen LogP contribution in [0.1, 0.15) is 23.4 Å².